The molecule has 2 aromatic carbocycles. The number of aromatic amines is 1. The van der Waals surface area contributed by atoms with Crippen LogP contribution in [-0.4, -0.2) is 46.6 Å². The van der Waals surface area contributed by atoms with Gasteiger partial charge in [-0.05, 0) is 81.3 Å². The van der Waals surface area contributed by atoms with Crippen LogP contribution in [0.1, 0.15) is 56.3 Å². The zero-order valence-electron chi connectivity index (χ0n) is 21.9. The molecular formula is C31H35Cl2N3O2. The Morgan fingerprint density at radius 3 is 2.63 bits per heavy atom. The number of hydrogen-bond acceptors (Lipinski definition) is 4. The number of H-pyrrole nitrogens is 1. The van der Waals surface area contributed by atoms with Gasteiger partial charge in [0.1, 0.15) is 11.4 Å². The molecule has 3 unspecified atom stereocenters. The van der Waals surface area contributed by atoms with Gasteiger partial charge in [-0.15, -0.1) is 0 Å². The van der Waals surface area contributed by atoms with Crippen LogP contribution in [0.25, 0.3) is 16.6 Å². The fourth-order valence-electron chi connectivity index (χ4n) is 6.37. The van der Waals surface area contributed by atoms with Gasteiger partial charge in [0, 0.05) is 25.3 Å². The van der Waals surface area contributed by atoms with E-state index in [0.717, 1.165) is 74.9 Å². The van der Waals surface area contributed by atoms with Crippen LogP contribution in [0.5, 0.6) is 0 Å². The van der Waals surface area contributed by atoms with Crippen molar-refractivity contribution >= 4 is 45.8 Å². The standard InChI is InChI=1S/C31H35Cl2N3O2/c1-36(14-5-8-29-34-27-17-25(32)26(33)18-28(27)35-29)15-13-31(38-30(37)21-9-10-21)19-22-11-12-23(31)16-24(22)20-6-3-2-4-7-20/h2-4,6-7,16-18,21-23H,5,8-15,19H2,1H3,(H,34,35). The highest BCUT2D eigenvalue weighted by Gasteiger charge is 2.51. The van der Waals surface area contributed by atoms with Crippen molar-refractivity contribution in [1.82, 2.24) is 14.9 Å². The van der Waals surface area contributed by atoms with E-state index in [1.165, 1.54) is 17.6 Å². The molecule has 3 atom stereocenters. The third-order valence-electron chi connectivity index (χ3n) is 8.68. The van der Waals surface area contributed by atoms with Gasteiger partial charge in [0.15, 0.2) is 0 Å². The molecule has 2 fully saturated rings. The van der Waals surface area contributed by atoms with E-state index in [9.17, 15) is 4.79 Å². The minimum Gasteiger partial charge on any atom is -0.458 e. The summed E-state index contributed by atoms with van der Waals surface area (Å²) in [7, 11) is 2.17. The number of nitrogens with zero attached hydrogens (tertiary/aromatic N) is 2. The second kappa shape index (κ2) is 10.7. The summed E-state index contributed by atoms with van der Waals surface area (Å²) in [6, 6.07) is 14.4. The van der Waals surface area contributed by atoms with Gasteiger partial charge >= 0.3 is 5.97 Å². The number of rotatable bonds is 10. The van der Waals surface area contributed by atoms with E-state index in [0.29, 0.717) is 16.0 Å². The third kappa shape index (κ3) is 5.38. The third-order valence-corrected chi connectivity index (χ3v) is 9.40. The summed E-state index contributed by atoms with van der Waals surface area (Å²) in [5, 5.41) is 1.06. The molecule has 0 saturated heterocycles. The topological polar surface area (TPSA) is 58.2 Å². The van der Waals surface area contributed by atoms with Crippen LogP contribution >= 0.6 is 23.2 Å². The number of benzene rings is 2. The van der Waals surface area contributed by atoms with Crippen LogP contribution in [0.15, 0.2) is 48.5 Å². The second-order valence-electron chi connectivity index (χ2n) is 11.5. The van der Waals surface area contributed by atoms with E-state index in [1.807, 2.05) is 12.1 Å². The molecule has 5 nitrogen and oxygen atoms in total. The zero-order chi connectivity index (χ0) is 26.3. The molecule has 200 valence electrons. The monoisotopic (exact) mass is 551 g/mol. The summed E-state index contributed by atoms with van der Waals surface area (Å²) < 4.78 is 6.45. The number of imidazole rings is 1. The quantitative estimate of drug-likeness (QED) is 0.268. The molecule has 1 aromatic heterocycles. The summed E-state index contributed by atoms with van der Waals surface area (Å²) in [5.41, 5.74) is 4.14. The zero-order valence-corrected chi connectivity index (χ0v) is 23.4. The molecule has 38 heavy (non-hydrogen) atoms. The van der Waals surface area contributed by atoms with Crippen LogP contribution in [-0.2, 0) is 16.0 Å². The highest BCUT2D eigenvalue weighted by atomic mass is 35.5. The Morgan fingerprint density at radius 1 is 1.11 bits per heavy atom. The molecule has 4 aliphatic carbocycles. The summed E-state index contributed by atoms with van der Waals surface area (Å²) in [6.45, 7) is 1.85. The van der Waals surface area contributed by atoms with Gasteiger partial charge in [0.05, 0.1) is 27.0 Å². The first-order chi connectivity index (χ1) is 18.4. The van der Waals surface area contributed by atoms with Gasteiger partial charge in [-0.25, -0.2) is 4.98 Å². The first kappa shape index (κ1) is 25.9. The number of allylic oxidation sites excluding steroid dienone is 1. The molecule has 7 heteroatoms. The lowest BCUT2D eigenvalue weighted by Crippen LogP contribution is -2.51. The van der Waals surface area contributed by atoms with Gasteiger partial charge in [-0.3, -0.25) is 4.79 Å². The number of aryl methyl sites for hydroxylation is 1. The lowest BCUT2D eigenvalue weighted by atomic mass is 9.60. The molecule has 3 aromatic rings. The van der Waals surface area contributed by atoms with Crippen molar-refractivity contribution < 1.29 is 9.53 Å². The Balaban J connectivity index is 1.10. The Labute approximate surface area is 234 Å². The molecule has 0 spiro atoms. The second-order valence-corrected chi connectivity index (χ2v) is 12.3. The molecule has 1 heterocycles. The van der Waals surface area contributed by atoms with Crippen LogP contribution in [0, 0.1) is 17.8 Å². The fraction of sp³-hybridized carbons (Fsp3) is 0.484. The van der Waals surface area contributed by atoms with Crippen molar-refractivity contribution in [1.29, 1.82) is 0 Å². The van der Waals surface area contributed by atoms with Crippen LogP contribution < -0.4 is 0 Å². The van der Waals surface area contributed by atoms with Crippen LogP contribution in [0.3, 0.4) is 0 Å². The number of fused-ring (bicyclic) bond motifs is 3. The van der Waals surface area contributed by atoms with Gasteiger partial charge in [-0.1, -0.05) is 59.6 Å². The van der Waals surface area contributed by atoms with E-state index >= 15 is 0 Å². The minimum absolute atomic E-state index is 0.0277. The van der Waals surface area contributed by atoms with E-state index in [4.69, 9.17) is 27.9 Å². The summed E-state index contributed by atoms with van der Waals surface area (Å²) in [4.78, 5) is 23.3. The van der Waals surface area contributed by atoms with Crippen molar-refractivity contribution in [2.24, 2.45) is 17.8 Å². The van der Waals surface area contributed by atoms with Gasteiger partial charge in [0.2, 0.25) is 0 Å². The Bertz CT molecular complexity index is 1310. The number of carbonyl (C=O) groups is 1. The fourth-order valence-corrected chi connectivity index (χ4v) is 6.69. The number of nitrogens with one attached hydrogen (secondary N) is 1. The number of halogens is 2. The Hall–Kier alpha value is -2.34. The van der Waals surface area contributed by atoms with Crippen molar-refractivity contribution in [2.45, 2.75) is 57.0 Å². The highest BCUT2D eigenvalue weighted by Crippen LogP contribution is 2.53. The van der Waals surface area contributed by atoms with E-state index < -0.39 is 0 Å². The summed E-state index contributed by atoms with van der Waals surface area (Å²) in [5.74, 6) is 1.84. The average Bonchev–Trinajstić information content (AvgIpc) is 3.71. The molecule has 1 N–H and O–H groups in total. The van der Waals surface area contributed by atoms with E-state index in [2.05, 4.69) is 58.3 Å². The van der Waals surface area contributed by atoms with Crippen LogP contribution in [0.4, 0.5) is 0 Å². The maximum Gasteiger partial charge on any atom is 0.309 e. The summed E-state index contributed by atoms with van der Waals surface area (Å²) >= 11 is 12.3. The summed E-state index contributed by atoms with van der Waals surface area (Å²) in [6.07, 6.45) is 10.3. The van der Waals surface area contributed by atoms with E-state index in [1.54, 1.807) is 0 Å². The first-order valence-electron chi connectivity index (χ1n) is 13.9. The molecule has 7 rings (SSSR count). The molecule has 4 aliphatic rings. The largest absolute Gasteiger partial charge is 0.458 e. The van der Waals surface area contributed by atoms with Crippen molar-refractivity contribution in [3.05, 3.63) is 70.0 Å². The lowest BCUT2D eigenvalue weighted by Gasteiger charge is -2.50. The van der Waals surface area contributed by atoms with E-state index in [-0.39, 0.29) is 23.4 Å². The molecule has 0 amide bonds. The normalized spacial score (nSPS) is 24.7. The molecular weight excluding hydrogens is 517 g/mol. The SMILES string of the molecule is CN(CCCc1nc2cc(Cl)c(Cl)cc2[nH]1)CCC1(OC(=O)C2CC2)CC2CCC1C=C2c1ccccc1. The van der Waals surface area contributed by atoms with Gasteiger partial charge < -0.3 is 14.6 Å². The highest BCUT2D eigenvalue weighted by molar-refractivity contribution is 6.42. The smallest absolute Gasteiger partial charge is 0.309 e. The lowest BCUT2D eigenvalue weighted by molar-refractivity contribution is -0.174. The van der Waals surface area contributed by atoms with Crippen molar-refractivity contribution in [2.75, 3.05) is 20.1 Å². The van der Waals surface area contributed by atoms with Crippen molar-refractivity contribution in [3.8, 4) is 0 Å². The van der Waals surface area contributed by atoms with Gasteiger partial charge in [0.25, 0.3) is 0 Å². The minimum atomic E-state index is -0.383. The van der Waals surface area contributed by atoms with Crippen LogP contribution in [0.2, 0.25) is 10.0 Å². The average molecular weight is 553 g/mol. The number of hydrogen-bond donors (Lipinski definition) is 1. The number of ether oxygens (including phenoxy) is 1. The molecule has 0 radical (unpaired) electrons. The molecule has 0 aliphatic heterocycles. The predicted octanol–water partition coefficient (Wildman–Crippen LogP) is 7.33. The predicted molar refractivity (Wildman–Crippen MR) is 153 cm³/mol. The Morgan fingerprint density at radius 2 is 1.89 bits per heavy atom. The maximum absolute atomic E-state index is 12.9. The van der Waals surface area contributed by atoms with Crippen molar-refractivity contribution in [3.63, 3.8) is 0 Å². The first-order valence-corrected chi connectivity index (χ1v) is 14.7. The van der Waals surface area contributed by atoms with Gasteiger partial charge in [-0.2, -0.15) is 0 Å². The molecule has 2 saturated carbocycles. The maximum atomic E-state index is 12.9. The Kier molecular flexibility index (Phi) is 7.28. The number of esters is 1. The number of aromatic nitrogens is 2. The number of carbonyl (C=O) groups excluding carboxylic acids is 1. The molecule has 2 bridgehead atoms.